The van der Waals surface area contributed by atoms with Gasteiger partial charge in [0.15, 0.2) is 6.29 Å². The Kier molecular flexibility index (Phi) is 3.41. The van der Waals surface area contributed by atoms with Crippen LogP contribution in [0.3, 0.4) is 0 Å². The maximum absolute atomic E-state index is 11.1. The number of nitriles is 1. The molecule has 0 bridgehead atoms. The number of hydrogen-bond donors (Lipinski definition) is 0. The summed E-state index contributed by atoms with van der Waals surface area (Å²) in [7, 11) is 0. The maximum Gasteiger partial charge on any atom is 0.219 e. The van der Waals surface area contributed by atoms with Gasteiger partial charge in [-0.15, -0.1) is 0 Å². The van der Waals surface area contributed by atoms with Crippen molar-refractivity contribution in [2.45, 2.75) is 25.8 Å². The minimum absolute atomic E-state index is 0.00746. The molecule has 4 heteroatoms. The quantitative estimate of drug-likeness (QED) is 0.366. The van der Waals surface area contributed by atoms with E-state index in [-0.39, 0.29) is 17.5 Å². The Hall–Kier alpha value is -1.63. The van der Waals surface area contributed by atoms with E-state index in [1.54, 1.807) is 17.0 Å². The molecule has 1 rings (SSSR count). The van der Waals surface area contributed by atoms with Crippen molar-refractivity contribution in [1.82, 2.24) is 4.90 Å². The summed E-state index contributed by atoms with van der Waals surface area (Å²) < 4.78 is 0. The first-order valence-corrected chi connectivity index (χ1v) is 4.53. The molecule has 1 aliphatic rings. The largest absolute Gasteiger partial charge is 0.336 e. The number of rotatable bonds is 2. The minimum Gasteiger partial charge on any atom is -0.336 e. The Balaban J connectivity index is 2.78. The second-order valence-corrected chi connectivity index (χ2v) is 3.27. The normalized spacial score (nSPS) is 21.9. The molecule has 1 atom stereocenters. The third-order valence-corrected chi connectivity index (χ3v) is 2.33. The van der Waals surface area contributed by atoms with Crippen molar-refractivity contribution < 1.29 is 9.59 Å². The number of nitrogens with zero attached hydrogens (tertiary/aromatic N) is 2. The van der Waals surface area contributed by atoms with Crippen molar-refractivity contribution in [3.63, 3.8) is 0 Å². The third kappa shape index (κ3) is 2.19. The second kappa shape index (κ2) is 4.56. The van der Waals surface area contributed by atoms with Crippen molar-refractivity contribution >= 4 is 12.2 Å². The smallest absolute Gasteiger partial charge is 0.219 e. The number of likely N-dealkylation sites (tertiary alicyclic amines) is 1. The molecular formula is C10H12N2O2. The molecule has 1 amide bonds. The first kappa shape index (κ1) is 10.5. The number of hydrogen-bond acceptors (Lipinski definition) is 3. The molecule has 0 N–H and O–H groups in total. The van der Waals surface area contributed by atoms with Gasteiger partial charge in [0.2, 0.25) is 5.91 Å². The summed E-state index contributed by atoms with van der Waals surface area (Å²) in [6, 6.07) is 1.72. The van der Waals surface area contributed by atoms with Crippen LogP contribution in [-0.2, 0) is 9.59 Å². The molecule has 1 saturated heterocycles. The highest BCUT2D eigenvalue weighted by atomic mass is 16.2. The van der Waals surface area contributed by atoms with Gasteiger partial charge in [-0.1, -0.05) is 0 Å². The molecule has 1 fully saturated rings. The van der Waals surface area contributed by atoms with E-state index >= 15 is 0 Å². The van der Waals surface area contributed by atoms with Crippen LogP contribution >= 0.6 is 0 Å². The van der Waals surface area contributed by atoms with E-state index in [0.717, 1.165) is 12.8 Å². The van der Waals surface area contributed by atoms with Crippen LogP contribution in [0, 0.1) is 11.3 Å². The monoisotopic (exact) mass is 192 g/mol. The van der Waals surface area contributed by atoms with Crippen LogP contribution in [0.1, 0.15) is 19.8 Å². The Morgan fingerprint density at radius 1 is 1.64 bits per heavy atom. The van der Waals surface area contributed by atoms with Crippen LogP contribution < -0.4 is 0 Å². The first-order valence-electron chi connectivity index (χ1n) is 4.53. The number of amides is 1. The van der Waals surface area contributed by atoms with Gasteiger partial charge in [0.05, 0.1) is 11.6 Å². The average molecular weight is 192 g/mol. The van der Waals surface area contributed by atoms with Gasteiger partial charge in [0.25, 0.3) is 0 Å². The lowest BCUT2D eigenvalue weighted by Crippen LogP contribution is -2.32. The molecule has 0 aromatic rings. The SMILES string of the molecule is CC(=O)N1CCC[C@H]1C=C(C#N)C=O. The van der Waals surface area contributed by atoms with Crippen LogP contribution in [0.5, 0.6) is 0 Å². The summed E-state index contributed by atoms with van der Waals surface area (Å²) in [5.41, 5.74) is 0.100. The van der Waals surface area contributed by atoms with Gasteiger partial charge in [-0.25, -0.2) is 0 Å². The molecule has 0 saturated carbocycles. The van der Waals surface area contributed by atoms with E-state index in [2.05, 4.69) is 0 Å². The van der Waals surface area contributed by atoms with Crippen LogP contribution in [0.15, 0.2) is 11.6 Å². The molecule has 74 valence electrons. The Bertz CT molecular complexity index is 315. The number of allylic oxidation sites excluding steroid dienone is 1. The zero-order valence-corrected chi connectivity index (χ0v) is 8.06. The highest BCUT2D eigenvalue weighted by molar-refractivity contribution is 5.80. The van der Waals surface area contributed by atoms with Gasteiger partial charge in [-0.3, -0.25) is 9.59 Å². The van der Waals surface area contributed by atoms with Gasteiger partial charge < -0.3 is 4.90 Å². The fourth-order valence-electron chi connectivity index (χ4n) is 1.67. The number of carbonyl (C=O) groups is 2. The lowest BCUT2D eigenvalue weighted by molar-refractivity contribution is -0.128. The van der Waals surface area contributed by atoms with E-state index in [0.29, 0.717) is 12.8 Å². The van der Waals surface area contributed by atoms with E-state index in [4.69, 9.17) is 5.26 Å². The van der Waals surface area contributed by atoms with E-state index in [1.165, 1.54) is 6.92 Å². The summed E-state index contributed by atoms with van der Waals surface area (Å²) >= 11 is 0. The van der Waals surface area contributed by atoms with Crippen LogP contribution in [0.4, 0.5) is 0 Å². The van der Waals surface area contributed by atoms with E-state index in [1.807, 2.05) is 0 Å². The van der Waals surface area contributed by atoms with Gasteiger partial charge >= 0.3 is 0 Å². The summed E-state index contributed by atoms with van der Waals surface area (Å²) in [6.07, 6.45) is 3.86. The van der Waals surface area contributed by atoms with Crippen molar-refractivity contribution in [2.24, 2.45) is 0 Å². The summed E-state index contributed by atoms with van der Waals surface area (Å²) in [4.78, 5) is 23.2. The van der Waals surface area contributed by atoms with Crippen molar-refractivity contribution in [1.29, 1.82) is 5.26 Å². The van der Waals surface area contributed by atoms with Crippen LogP contribution in [0.25, 0.3) is 0 Å². The Labute approximate surface area is 82.8 Å². The van der Waals surface area contributed by atoms with Gasteiger partial charge in [0, 0.05) is 13.5 Å². The molecule has 0 aliphatic carbocycles. The summed E-state index contributed by atoms with van der Waals surface area (Å²) in [6.45, 7) is 2.22. The minimum atomic E-state index is -0.0765. The number of aldehydes is 1. The topological polar surface area (TPSA) is 61.2 Å². The molecule has 0 aromatic heterocycles. The van der Waals surface area contributed by atoms with Crippen LogP contribution in [-0.4, -0.2) is 29.7 Å². The van der Waals surface area contributed by atoms with Gasteiger partial charge in [0.1, 0.15) is 6.07 Å². The maximum atomic E-state index is 11.1. The standard InChI is InChI=1S/C10H12N2O2/c1-8(14)12-4-2-3-10(12)5-9(6-11)7-13/h5,7,10H,2-4H2,1H3/t10-/m0/s1. The molecule has 4 nitrogen and oxygen atoms in total. The molecule has 0 aromatic carbocycles. The molecule has 1 heterocycles. The van der Waals surface area contributed by atoms with Crippen molar-refractivity contribution in [3.8, 4) is 6.07 Å². The second-order valence-electron chi connectivity index (χ2n) is 3.27. The average Bonchev–Trinajstić information content (AvgIpc) is 2.62. The summed E-state index contributed by atoms with van der Waals surface area (Å²) in [5, 5.41) is 8.56. The van der Waals surface area contributed by atoms with Crippen LogP contribution in [0.2, 0.25) is 0 Å². The zero-order chi connectivity index (χ0) is 10.6. The lowest BCUT2D eigenvalue weighted by atomic mass is 10.1. The molecule has 14 heavy (non-hydrogen) atoms. The first-order chi connectivity index (χ1) is 6.69. The zero-order valence-electron chi connectivity index (χ0n) is 8.06. The molecule has 1 aliphatic heterocycles. The highest BCUT2D eigenvalue weighted by Crippen LogP contribution is 2.19. The highest BCUT2D eigenvalue weighted by Gasteiger charge is 2.24. The van der Waals surface area contributed by atoms with Crippen molar-refractivity contribution in [2.75, 3.05) is 6.54 Å². The Morgan fingerprint density at radius 2 is 2.36 bits per heavy atom. The van der Waals surface area contributed by atoms with E-state index in [9.17, 15) is 9.59 Å². The predicted octanol–water partition coefficient (Wildman–Crippen LogP) is 0.646. The van der Waals surface area contributed by atoms with E-state index < -0.39 is 0 Å². The van der Waals surface area contributed by atoms with Crippen molar-refractivity contribution in [3.05, 3.63) is 11.6 Å². The van der Waals surface area contributed by atoms with Gasteiger partial charge in [-0.2, -0.15) is 5.26 Å². The number of carbonyl (C=O) groups excluding carboxylic acids is 2. The summed E-state index contributed by atoms with van der Waals surface area (Å²) in [5.74, 6) is -0.00746. The molecule has 0 unspecified atom stereocenters. The molecule has 0 radical (unpaired) electrons. The Morgan fingerprint density at radius 3 is 2.86 bits per heavy atom. The lowest BCUT2D eigenvalue weighted by Gasteiger charge is -2.19. The fraction of sp³-hybridized carbons (Fsp3) is 0.500. The molecular weight excluding hydrogens is 180 g/mol. The third-order valence-electron chi connectivity index (χ3n) is 2.33. The molecule has 0 spiro atoms. The fourth-order valence-corrected chi connectivity index (χ4v) is 1.67. The predicted molar refractivity (Wildman–Crippen MR) is 50.2 cm³/mol. The van der Waals surface area contributed by atoms with Gasteiger partial charge in [-0.05, 0) is 18.9 Å².